The molecule has 1 N–H and O–H groups in total. The summed E-state index contributed by atoms with van der Waals surface area (Å²) in [6.07, 6.45) is 8.43. The molecule has 1 spiro atoms. The van der Waals surface area contributed by atoms with Gasteiger partial charge in [0.2, 0.25) is 0 Å². The van der Waals surface area contributed by atoms with E-state index in [1.54, 1.807) is 0 Å². The third-order valence-electron chi connectivity index (χ3n) is 6.71. The van der Waals surface area contributed by atoms with Gasteiger partial charge in [-0.15, -0.1) is 0 Å². The SMILES string of the molecule is Clc1ccc(Cl)c(CN2CCC3(CC2)Nc2cccnc2-n2c3cnc2C2CC2)c1. The van der Waals surface area contributed by atoms with Gasteiger partial charge in [-0.1, -0.05) is 23.2 Å². The second kappa shape index (κ2) is 6.98. The quantitative estimate of drug-likeness (QED) is 0.595. The molecule has 0 unspecified atom stereocenters. The van der Waals surface area contributed by atoms with Crippen molar-refractivity contribution in [2.24, 2.45) is 0 Å². The number of hydrogen-bond acceptors (Lipinski definition) is 4. The maximum atomic E-state index is 6.40. The van der Waals surface area contributed by atoms with Crippen molar-refractivity contribution in [3.05, 3.63) is 69.9 Å². The largest absolute Gasteiger partial charge is 0.371 e. The number of likely N-dealkylation sites (tertiary alicyclic amines) is 1. The summed E-state index contributed by atoms with van der Waals surface area (Å²) in [5.41, 5.74) is 3.35. The van der Waals surface area contributed by atoms with Crippen LogP contribution in [0.1, 0.15) is 48.7 Å². The van der Waals surface area contributed by atoms with E-state index < -0.39 is 0 Å². The molecule has 0 amide bonds. The number of fused-ring (bicyclic) bond motifs is 4. The first kappa shape index (κ1) is 18.7. The number of rotatable bonds is 3. The van der Waals surface area contributed by atoms with Crippen LogP contribution >= 0.6 is 23.2 Å². The highest BCUT2D eigenvalue weighted by Crippen LogP contribution is 2.47. The van der Waals surface area contributed by atoms with Gasteiger partial charge in [0.25, 0.3) is 0 Å². The monoisotopic (exact) mass is 439 g/mol. The Kier molecular flexibility index (Phi) is 4.34. The Morgan fingerprint density at radius 1 is 1.10 bits per heavy atom. The highest BCUT2D eigenvalue weighted by molar-refractivity contribution is 6.33. The van der Waals surface area contributed by atoms with Gasteiger partial charge < -0.3 is 5.32 Å². The average Bonchev–Trinajstić information content (AvgIpc) is 3.50. The summed E-state index contributed by atoms with van der Waals surface area (Å²) in [6, 6.07) is 9.85. The fourth-order valence-corrected chi connectivity index (χ4v) is 5.30. The first-order valence-electron chi connectivity index (χ1n) is 10.6. The molecule has 30 heavy (non-hydrogen) atoms. The lowest BCUT2D eigenvalue weighted by Gasteiger charge is -2.45. The summed E-state index contributed by atoms with van der Waals surface area (Å²) >= 11 is 12.6. The maximum absolute atomic E-state index is 6.40. The fraction of sp³-hybridized carbons (Fsp3) is 0.391. The zero-order valence-electron chi connectivity index (χ0n) is 16.6. The minimum atomic E-state index is -0.106. The number of nitrogens with zero attached hydrogens (tertiary/aromatic N) is 4. The molecule has 7 heteroatoms. The molecular weight excluding hydrogens is 417 g/mol. The van der Waals surface area contributed by atoms with Crippen LogP contribution in [-0.2, 0) is 12.1 Å². The number of aromatic nitrogens is 3. The molecule has 1 saturated heterocycles. The van der Waals surface area contributed by atoms with E-state index in [1.807, 2.05) is 30.5 Å². The number of nitrogens with one attached hydrogen (secondary N) is 1. The molecule has 1 saturated carbocycles. The predicted octanol–water partition coefficient (Wildman–Crippen LogP) is 5.37. The molecule has 0 atom stereocenters. The van der Waals surface area contributed by atoms with Crippen LogP contribution in [0, 0.1) is 0 Å². The van der Waals surface area contributed by atoms with E-state index in [2.05, 4.69) is 27.0 Å². The normalized spacial score (nSPS) is 19.9. The summed E-state index contributed by atoms with van der Waals surface area (Å²) in [6.45, 7) is 2.78. The molecule has 3 aliphatic rings. The summed E-state index contributed by atoms with van der Waals surface area (Å²) in [5, 5.41) is 5.36. The molecule has 2 aromatic heterocycles. The molecule has 154 valence electrons. The van der Waals surface area contributed by atoms with Crippen molar-refractivity contribution in [2.75, 3.05) is 18.4 Å². The smallest absolute Gasteiger partial charge is 0.161 e. The van der Waals surface area contributed by atoms with Gasteiger partial charge in [-0.2, -0.15) is 0 Å². The number of piperidine rings is 1. The van der Waals surface area contributed by atoms with Crippen LogP contribution in [0.3, 0.4) is 0 Å². The fourth-order valence-electron chi connectivity index (χ4n) is 4.93. The Labute approximate surface area is 186 Å². The van der Waals surface area contributed by atoms with Gasteiger partial charge >= 0.3 is 0 Å². The number of imidazole rings is 1. The molecule has 6 rings (SSSR count). The molecule has 3 aromatic rings. The molecule has 0 bridgehead atoms. The first-order valence-corrected chi connectivity index (χ1v) is 11.4. The average molecular weight is 440 g/mol. The summed E-state index contributed by atoms with van der Waals surface area (Å²) in [7, 11) is 0. The second-order valence-electron chi connectivity index (χ2n) is 8.70. The molecule has 4 heterocycles. The van der Waals surface area contributed by atoms with Crippen LogP contribution in [0.4, 0.5) is 5.69 Å². The summed E-state index contributed by atoms with van der Waals surface area (Å²) in [4.78, 5) is 12.0. The van der Waals surface area contributed by atoms with E-state index in [4.69, 9.17) is 33.2 Å². The third-order valence-corrected chi connectivity index (χ3v) is 7.31. The first-order chi connectivity index (χ1) is 14.6. The number of benzene rings is 1. The number of pyridine rings is 1. The topological polar surface area (TPSA) is 46.0 Å². The van der Waals surface area contributed by atoms with Crippen molar-refractivity contribution in [3.8, 4) is 5.82 Å². The van der Waals surface area contributed by atoms with E-state index in [9.17, 15) is 0 Å². The molecule has 1 aromatic carbocycles. The van der Waals surface area contributed by atoms with Crippen molar-refractivity contribution in [1.82, 2.24) is 19.4 Å². The highest BCUT2D eigenvalue weighted by Gasteiger charge is 2.44. The van der Waals surface area contributed by atoms with Crippen LogP contribution in [0.15, 0.2) is 42.7 Å². The highest BCUT2D eigenvalue weighted by atomic mass is 35.5. The molecule has 1 aliphatic carbocycles. The van der Waals surface area contributed by atoms with Crippen LogP contribution in [-0.4, -0.2) is 32.5 Å². The number of hydrogen-bond donors (Lipinski definition) is 1. The van der Waals surface area contributed by atoms with Crippen LogP contribution in [0.5, 0.6) is 0 Å². The van der Waals surface area contributed by atoms with E-state index >= 15 is 0 Å². The number of anilines is 1. The van der Waals surface area contributed by atoms with E-state index in [-0.39, 0.29) is 5.54 Å². The Morgan fingerprint density at radius 2 is 1.93 bits per heavy atom. The van der Waals surface area contributed by atoms with Crippen molar-refractivity contribution in [2.45, 2.75) is 43.7 Å². The van der Waals surface area contributed by atoms with Gasteiger partial charge in [0, 0.05) is 41.8 Å². The number of halogens is 2. The van der Waals surface area contributed by atoms with Crippen molar-refractivity contribution >= 4 is 28.9 Å². The molecular formula is C23H23Cl2N5. The zero-order valence-corrected chi connectivity index (χ0v) is 18.1. The molecule has 2 fully saturated rings. The van der Waals surface area contributed by atoms with Crippen LogP contribution in [0.25, 0.3) is 5.82 Å². The van der Waals surface area contributed by atoms with Crippen molar-refractivity contribution in [1.29, 1.82) is 0 Å². The van der Waals surface area contributed by atoms with Crippen LogP contribution in [0.2, 0.25) is 10.0 Å². The van der Waals surface area contributed by atoms with Gasteiger partial charge in [0.05, 0.1) is 23.1 Å². The lowest BCUT2D eigenvalue weighted by molar-refractivity contribution is 0.161. The van der Waals surface area contributed by atoms with Gasteiger partial charge in [0.1, 0.15) is 5.82 Å². The van der Waals surface area contributed by atoms with Crippen molar-refractivity contribution in [3.63, 3.8) is 0 Å². The van der Waals surface area contributed by atoms with Gasteiger partial charge in [-0.05, 0) is 61.6 Å². The van der Waals surface area contributed by atoms with Gasteiger partial charge in [-0.3, -0.25) is 9.47 Å². The second-order valence-corrected chi connectivity index (χ2v) is 9.55. The Bertz CT molecular complexity index is 1110. The third kappa shape index (κ3) is 3.03. The maximum Gasteiger partial charge on any atom is 0.161 e. The molecule has 0 radical (unpaired) electrons. The molecule has 5 nitrogen and oxygen atoms in total. The predicted molar refractivity (Wildman–Crippen MR) is 120 cm³/mol. The Hall–Kier alpha value is -2.08. The van der Waals surface area contributed by atoms with Gasteiger partial charge in [-0.25, -0.2) is 9.97 Å². The minimum absolute atomic E-state index is 0.106. The molecule has 2 aliphatic heterocycles. The lowest BCUT2D eigenvalue weighted by atomic mass is 9.82. The van der Waals surface area contributed by atoms with E-state index in [0.717, 1.165) is 59.6 Å². The lowest BCUT2D eigenvalue weighted by Crippen LogP contribution is -2.49. The van der Waals surface area contributed by atoms with Crippen LogP contribution < -0.4 is 5.32 Å². The zero-order chi connectivity index (χ0) is 20.3. The summed E-state index contributed by atoms with van der Waals surface area (Å²) in [5.74, 6) is 2.75. The minimum Gasteiger partial charge on any atom is -0.371 e. The Morgan fingerprint density at radius 3 is 2.73 bits per heavy atom. The standard InChI is InChI=1S/C23H23Cl2N5/c24-17-5-6-18(25)16(12-17)14-29-10-7-23(8-11-29)20-13-27-21(15-3-4-15)30(20)22-19(28-23)2-1-9-26-22/h1-2,5-6,9,12-13,15,28H,3-4,7-8,10-11,14H2. The Balaban J connectivity index is 1.30. The van der Waals surface area contributed by atoms with E-state index in [0.29, 0.717) is 5.92 Å². The van der Waals surface area contributed by atoms with Gasteiger partial charge in [0.15, 0.2) is 5.82 Å². The summed E-state index contributed by atoms with van der Waals surface area (Å²) < 4.78 is 2.34. The van der Waals surface area contributed by atoms with Crippen molar-refractivity contribution < 1.29 is 0 Å². The van der Waals surface area contributed by atoms with E-state index in [1.165, 1.54) is 24.4 Å².